The molecule has 16 heavy (non-hydrogen) atoms. The zero-order valence-electron chi connectivity index (χ0n) is 10.4. The van der Waals surface area contributed by atoms with Crippen LogP contribution in [-0.2, 0) is 6.42 Å². The average molecular weight is 218 g/mol. The van der Waals surface area contributed by atoms with Crippen molar-refractivity contribution in [2.45, 2.75) is 19.8 Å². The summed E-state index contributed by atoms with van der Waals surface area (Å²) in [5, 5.41) is 3.43. The summed E-state index contributed by atoms with van der Waals surface area (Å²) in [6.07, 6.45) is 2.43. The van der Waals surface area contributed by atoms with Gasteiger partial charge in [-0.25, -0.2) is 0 Å². The first-order valence-corrected chi connectivity index (χ1v) is 6.31. The number of para-hydroxylation sites is 1. The van der Waals surface area contributed by atoms with Crippen molar-refractivity contribution in [1.29, 1.82) is 0 Å². The van der Waals surface area contributed by atoms with E-state index >= 15 is 0 Å². The number of hydrogen-bond donors (Lipinski definition) is 1. The van der Waals surface area contributed by atoms with E-state index in [2.05, 4.69) is 48.5 Å². The van der Waals surface area contributed by atoms with E-state index in [-0.39, 0.29) is 0 Å². The van der Waals surface area contributed by atoms with Crippen LogP contribution in [0.15, 0.2) is 24.3 Å². The summed E-state index contributed by atoms with van der Waals surface area (Å²) in [5.74, 6) is 0.815. The van der Waals surface area contributed by atoms with Crippen LogP contribution in [0.3, 0.4) is 0 Å². The van der Waals surface area contributed by atoms with Gasteiger partial charge in [-0.3, -0.25) is 0 Å². The van der Waals surface area contributed by atoms with Crippen molar-refractivity contribution >= 4 is 5.69 Å². The molecule has 1 N–H and O–H groups in total. The Bertz CT molecular complexity index is 329. The molecule has 1 aromatic carbocycles. The molecule has 0 aromatic heterocycles. The van der Waals surface area contributed by atoms with Crippen molar-refractivity contribution in [3.05, 3.63) is 29.8 Å². The summed E-state index contributed by atoms with van der Waals surface area (Å²) in [6, 6.07) is 8.74. The molecule has 0 amide bonds. The third-order valence-electron chi connectivity index (χ3n) is 3.48. The highest BCUT2D eigenvalue weighted by molar-refractivity contribution is 5.53. The van der Waals surface area contributed by atoms with Gasteiger partial charge in [0.2, 0.25) is 0 Å². The van der Waals surface area contributed by atoms with Gasteiger partial charge >= 0.3 is 0 Å². The van der Waals surface area contributed by atoms with Gasteiger partial charge < -0.3 is 10.2 Å². The molecule has 1 aromatic rings. The highest BCUT2D eigenvalue weighted by Crippen LogP contribution is 2.21. The van der Waals surface area contributed by atoms with E-state index in [1.165, 1.54) is 37.3 Å². The molecule has 1 atom stereocenters. The lowest BCUT2D eigenvalue weighted by molar-refractivity contribution is 0.577. The fourth-order valence-electron chi connectivity index (χ4n) is 2.54. The standard InChI is InChI=1S/C14H22N2/c1-3-13-6-4-5-7-14(13)16(2)11-12-8-9-15-10-12/h4-7,12,15H,3,8-11H2,1-2H3. The van der Waals surface area contributed by atoms with Crippen molar-refractivity contribution in [1.82, 2.24) is 5.32 Å². The van der Waals surface area contributed by atoms with Crippen LogP contribution in [0, 0.1) is 5.92 Å². The average Bonchev–Trinajstić information content (AvgIpc) is 2.81. The van der Waals surface area contributed by atoms with Crippen LogP contribution in [0.4, 0.5) is 5.69 Å². The zero-order chi connectivity index (χ0) is 11.4. The SMILES string of the molecule is CCc1ccccc1N(C)CC1CCNC1. The molecule has 0 saturated carbocycles. The predicted octanol–water partition coefficient (Wildman–Crippen LogP) is 2.29. The number of rotatable bonds is 4. The summed E-state index contributed by atoms with van der Waals surface area (Å²) in [5.41, 5.74) is 2.85. The Morgan fingerprint density at radius 3 is 2.88 bits per heavy atom. The maximum Gasteiger partial charge on any atom is 0.0396 e. The topological polar surface area (TPSA) is 15.3 Å². The van der Waals surface area contributed by atoms with Gasteiger partial charge in [0.25, 0.3) is 0 Å². The van der Waals surface area contributed by atoms with E-state index in [4.69, 9.17) is 0 Å². The van der Waals surface area contributed by atoms with Crippen LogP contribution in [-0.4, -0.2) is 26.7 Å². The predicted molar refractivity (Wildman–Crippen MR) is 70.1 cm³/mol. The second-order valence-corrected chi connectivity index (χ2v) is 4.72. The Morgan fingerprint density at radius 1 is 1.38 bits per heavy atom. The van der Waals surface area contributed by atoms with Crippen molar-refractivity contribution < 1.29 is 0 Å². The van der Waals surface area contributed by atoms with E-state index in [0.717, 1.165) is 12.3 Å². The molecule has 2 nitrogen and oxygen atoms in total. The van der Waals surface area contributed by atoms with Gasteiger partial charge in [0.1, 0.15) is 0 Å². The molecule has 1 unspecified atom stereocenters. The molecule has 2 rings (SSSR count). The minimum atomic E-state index is 0.815. The molecule has 88 valence electrons. The molecular formula is C14H22N2. The summed E-state index contributed by atoms with van der Waals surface area (Å²) in [7, 11) is 2.22. The molecule has 0 spiro atoms. The number of benzene rings is 1. The minimum Gasteiger partial charge on any atom is -0.374 e. The lowest BCUT2D eigenvalue weighted by Gasteiger charge is -2.25. The lowest BCUT2D eigenvalue weighted by atomic mass is 10.1. The van der Waals surface area contributed by atoms with E-state index in [1.807, 2.05) is 0 Å². The Labute approximate surface area is 98.7 Å². The first-order chi connectivity index (χ1) is 7.81. The normalized spacial score (nSPS) is 20.0. The quantitative estimate of drug-likeness (QED) is 0.834. The van der Waals surface area contributed by atoms with Crippen LogP contribution < -0.4 is 10.2 Å². The number of anilines is 1. The number of hydrogen-bond acceptors (Lipinski definition) is 2. The zero-order valence-corrected chi connectivity index (χ0v) is 10.4. The monoisotopic (exact) mass is 218 g/mol. The fraction of sp³-hybridized carbons (Fsp3) is 0.571. The molecule has 1 aliphatic heterocycles. The third-order valence-corrected chi connectivity index (χ3v) is 3.48. The maximum absolute atomic E-state index is 3.43. The highest BCUT2D eigenvalue weighted by Gasteiger charge is 2.17. The van der Waals surface area contributed by atoms with Gasteiger partial charge in [-0.1, -0.05) is 25.1 Å². The van der Waals surface area contributed by atoms with Gasteiger partial charge in [0, 0.05) is 19.3 Å². The van der Waals surface area contributed by atoms with Crippen molar-refractivity contribution in [3.63, 3.8) is 0 Å². The second-order valence-electron chi connectivity index (χ2n) is 4.72. The summed E-state index contributed by atoms with van der Waals surface area (Å²) < 4.78 is 0. The first-order valence-electron chi connectivity index (χ1n) is 6.31. The van der Waals surface area contributed by atoms with E-state index in [9.17, 15) is 0 Å². The summed E-state index contributed by atoms with van der Waals surface area (Å²) >= 11 is 0. The fourth-order valence-corrected chi connectivity index (χ4v) is 2.54. The molecule has 0 radical (unpaired) electrons. The Hall–Kier alpha value is -1.02. The number of aryl methyl sites for hydroxylation is 1. The maximum atomic E-state index is 3.43. The van der Waals surface area contributed by atoms with Crippen molar-refractivity contribution in [2.75, 3.05) is 31.6 Å². The number of nitrogens with one attached hydrogen (secondary N) is 1. The second kappa shape index (κ2) is 5.35. The van der Waals surface area contributed by atoms with Crippen molar-refractivity contribution in [2.24, 2.45) is 5.92 Å². The Morgan fingerprint density at radius 2 is 2.19 bits per heavy atom. The van der Waals surface area contributed by atoms with Crippen LogP contribution >= 0.6 is 0 Å². The summed E-state index contributed by atoms with van der Waals surface area (Å²) in [4.78, 5) is 2.41. The van der Waals surface area contributed by atoms with E-state index in [0.29, 0.717) is 0 Å². The van der Waals surface area contributed by atoms with Crippen LogP contribution in [0.1, 0.15) is 18.9 Å². The molecule has 0 bridgehead atoms. The van der Waals surface area contributed by atoms with Gasteiger partial charge in [0.15, 0.2) is 0 Å². The third kappa shape index (κ3) is 2.56. The van der Waals surface area contributed by atoms with Gasteiger partial charge in [-0.15, -0.1) is 0 Å². The van der Waals surface area contributed by atoms with Gasteiger partial charge in [0.05, 0.1) is 0 Å². The number of nitrogens with zero attached hydrogens (tertiary/aromatic N) is 1. The minimum absolute atomic E-state index is 0.815. The lowest BCUT2D eigenvalue weighted by Crippen LogP contribution is -2.27. The van der Waals surface area contributed by atoms with Gasteiger partial charge in [-0.2, -0.15) is 0 Å². The molecule has 1 aliphatic rings. The van der Waals surface area contributed by atoms with Crippen LogP contribution in [0.5, 0.6) is 0 Å². The Balaban J connectivity index is 2.04. The molecule has 1 saturated heterocycles. The first kappa shape index (κ1) is 11.5. The van der Waals surface area contributed by atoms with Gasteiger partial charge in [-0.05, 0) is 43.5 Å². The van der Waals surface area contributed by atoms with E-state index < -0.39 is 0 Å². The molecule has 0 aliphatic carbocycles. The van der Waals surface area contributed by atoms with Crippen molar-refractivity contribution in [3.8, 4) is 0 Å². The highest BCUT2D eigenvalue weighted by atomic mass is 15.1. The molecule has 1 fully saturated rings. The molecule has 1 heterocycles. The largest absolute Gasteiger partial charge is 0.374 e. The Kier molecular flexibility index (Phi) is 3.83. The summed E-state index contributed by atoms with van der Waals surface area (Å²) in [6.45, 7) is 5.76. The van der Waals surface area contributed by atoms with E-state index in [1.54, 1.807) is 0 Å². The molecular weight excluding hydrogens is 196 g/mol. The molecule has 2 heteroatoms. The van der Waals surface area contributed by atoms with Crippen LogP contribution in [0.25, 0.3) is 0 Å². The smallest absolute Gasteiger partial charge is 0.0396 e. The van der Waals surface area contributed by atoms with Crippen LogP contribution in [0.2, 0.25) is 0 Å².